The lowest BCUT2D eigenvalue weighted by Crippen LogP contribution is -2.45. The SMILES string of the molecule is C[C@H]1C[C@@H]2C=CCC[C@]2(C)C(=O)O1. The smallest absolute Gasteiger partial charge is 0.312 e. The molecule has 0 unspecified atom stereocenters. The lowest BCUT2D eigenvalue weighted by Gasteiger charge is -2.42. The highest BCUT2D eigenvalue weighted by Crippen LogP contribution is 2.44. The lowest BCUT2D eigenvalue weighted by molar-refractivity contribution is -0.173. The first-order valence-corrected chi connectivity index (χ1v) is 5.00. The van der Waals surface area contributed by atoms with E-state index in [4.69, 9.17) is 4.74 Å². The molecule has 0 aromatic rings. The van der Waals surface area contributed by atoms with E-state index < -0.39 is 0 Å². The summed E-state index contributed by atoms with van der Waals surface area (Å²) in [6.45, 7) is 4.01. The predicted octanol–water partition coefficient (Wildman–Crippen LogP) is 2.29. The van der Waals surface area contributed by atoms with Gasteiger partial charge >= 0.3 is 5.97 Å². The van der Waals surface area contributed by atoms with Crippen molar-refractivity contribution in [2.24, 2.45) is 11.3 Å². The molecule has 0 bridgehead atoms. The highest BCUT2D eigenvalue weighted by molar-refractivity contribution is 5.78. The fourth-order valence-corrected chi connectivity index (χ4v) is 2.36. The Morgan fingerprint density at radius 3 is 3.15 bits per heavy atom. The first-order valence-electron chi connectivity index (χ1n) is 5.00. The van der Waals surface area contributed by atoms with Gasteiger partial charge in [0.2, 0.25) is 0 Å². The van der Waals surface area contributed by atoms with Crippen LogP contribution >= 0.6 is 0 Å². The predicted molar refractivity (Wildman–Crippen MR) is 50.1 cm³/mol. The summed E-state index contributed by atoms with van der Waals surface area (Å²) in [4.78, 5) is 11.7. The van der Waals surface area contributed by atoms with Gasteiger partial charge in [0, 0.05) is 0 Å². The Hall–Kier alpha value is -0.790. The summed E-state index contributed by atoms with van der Waals surface area (Å²) in [7, 11) is 0. The molecule has 1 aliphatic carbocycles. The minimum atomic E-state index is -0.235. The molecule has 2 heteroatoms. The zero-order valence-electron chi connectivity index (χ0n) is 8.25. The number of hydrogen-bond acceptors (Lipinski definition) is 2. The van der Waals surface area contributed by atoms with Crippen LogP contribution in [0.2, 0.25) is 0 Å². The molecular formula is C11H16O2. The van der Waals surface area contributed by atoms with Crippen LogP contribution in [0.15, 0.2) is 12.2 Å². The Labute approximate surface area is 79.0 Å². The van der Waals surface area contributed by atoms with Crippen molar-refractivity contribution in [3.63, 3.8) is 0 Å². The number of allylic oxidation sites excluding steroid dienone is 2. The average Bonchev–Trinajstić information content (AvgIpc) is 2.07. The third kappa shape index (κ3) is 1.28. The number of hydrogen-bond donors (Lipinski definition) is 0. The quantitative estimate of drug-likeness (QED) is 0.422. The van der Waals surface area contributed by atoms with Gasteiger partial charge in [0.15, 0.2) is 0 Å². The van der Waals surface area contributed by atoms with Gasteiger partial charge in [-0.05, 0) is 39.0 Å². The van der Waals surface area contributed by atoms with Crippen LogP contribution in [0.3, 0.4) is 0 Å². The Morgan fingerprint density at radius 2 is 2.38 bits per heavy atom. The molecule has 0 spiro atoms. The fraction of sp³-hybridized carbons (Fsp3) is 0.727. The van der Waals surface area contributed by atoms with Crippen LogP contribution in [0.25, 0.3) is 0 Å². The maximum absolute atomic E-state index is 11.7. The van der Waals surface area contributed by atoms with E-state index in [9.17, 15) is 4.79 Å². The Morgan fingerprint density at radius 1 is 1.62 bits per heavy atom. The van der Waals surface area contributed by atoms with Gasteiger partial charge < -0.3 is 4.74 Å². The van der Waals surface area contributed by atoms with Crippen molar-refractivity contribution in [3.05, 3.63) is 12.2 Å². The zero-order chi connectivity index (χ0) is 9.47. The summed E-state index contributed by atoms with van der Waals surface area (Å²) in [5.41, 5.74) is -0.235. The van der Waals surface area contributed by atoms with Crippen LogP contribution in [0.1, 0.15) is 33.1 Å². The van der Waals surface area contributed by atoms with Crippen LogP contribution in [-0.4, -0.2) is 12.1 Å². The van der Waals surface area contributed by atoms with E-state index in [1.165, 1.54) is 0 Å². The third-order valence-electron chi connectivity index (χ3n) is 3.38. The molecule has 0 saturated carbocycles. The van der Waals surface area contributed by atoms with E-state index in [2.05, 4.69) is 12.2 Å². The van der Waals surface area contributed by atoms with Crippen molar-refractivity contribution in [1.82, 2.24) is 0 Å². The van der Waals surface area contributed by atoms with Crippen LogP contribution < -0.4 is 0 Å². The largest absolute Gasteiger partial charge is 0.462 e. The standard InChI is InChI=1S/C11H16O2/c1-8-7-9-5-3-4-6-11(9,2)10(12)13-8/h3,5,8-9H,4,6-7H2,1-2H3/t8-,9-,11-/m0/s1. The van der Waals surface area contributed by atoms with E-state index in [1.54, 1.807) is 0 Å². The number of ether oxygens (including phenoxy) is 1. The summed E-state index contributed by atoms with van der Waals surface area (Å²) in [5, 5.41) is 0. The molecule has 2 nitrogen and oxygen atoms in total. The molecule has 0 radical (unpaired) electrons. The summed E-state index contributed by atoms with van der Waals surface area (Å²) < 4.78 is 5.29. The van der Waals surface area contributed by atoms with Gasteiger partial charge in [-0.1, -0.05) is 12.2 Å². The summed E-state index contributed by atoms with van der Waals surface area (Å²) in [5.74, 6) is 0.401. The third-order valence-corrected chi connectivity index (χ3v) is 3.38. The second kappa shape index (κ2) is 2.86. The molecule has 3 atom stereocenters. The van der Waals surface area contributed by atoms with Crippen molar-refractivity contribution in [3.8, 4) is 0 Å². The molecule has 1 heterocycles. The number of esters is 1. The average molecular weight is 180 g/mol. The van der Waals surface area contributed by atoms with Gasteiger partial charge in [0.05, 0.1) is 11.5 Å². The summed E-state index contributed by atoms with van der Waals surface area (Å²) >= 11 is 0. The molecule has 1 aliphatic heterocycles. The van der Waals surface area contributed by atoms with Crippen molar-refractivity contribution in [1.29, 1.82) is 0 Å². The van der Waals surface area contributed by atoms with Crippen molar-refractivity contribution in [2.45, 2.75) is 39.2 Å². The van der Waals surface area contributed by atoms with Crippen molar-refractivity contribution in [2.75, 3.05) is 0 Å². The monoisotopic (exact) mass is 180 g/mol. The van der Waals surface area contributed by atoms with Crippen molar-refractivity contribution < 1.29 is 9.53 Å². The number of rotatable bonds is 0. The van der Waals surface area contributed by atoms with Crippen LogP contribution in [0, 0.1) is 11.3 Å². The van der Waals surface area contributed by atoms with E-state index in [0.29, 0.717) is 5.92 Å². The van der Waals surface area contributed by atoms with Gasteiger partial charge in [-0.2, -0.15) is 0 Å². The number of fused-ring (bicyclic) bond motifs is 1. The topological polar surface area (TPSA) is 26.3 Å². The van der Waals surface area contributed by atoms with Crippen LogP contribution in [0.4, 0.5) is 0 Å². The maximum atomic E-state index is 11.7. The van der Waals surface area contributed by atoms with Gasteiger partial charge in [0.1, 0.15) is 0 Å². The second-order valence-electron chi connectivity index (χ2n) is 4.44. The molecule has 13 heavy (non-hydrogen) atoms. The van der Waals surface area contributed by atoms with E-state index >= 15 is 0 Å². The minimum absolute atomic E-state index is 0.000556. The van der Waals surface area contributed by atoms with Crippen molar-refractivity contribution >= 4 is 5.97 Å². The van der Waals surface area contributed by atoms with E-state index in [-0.39, 0.29) is 17.5 Å². The van der Waals surface area contributed by atoms with E-state index in [1.807, 2.05) is 13.8 Å². The van der Waals surface area contributed by atoms with Crippen LogP contribution in [0.5, 0.6) is 0 Å². The molecule has 1 saturated heterocycles. The molecular weight excluding hydrogens is 164 g/mol. The molecule has 2 aliphatic rings. The normalized spacial score (nSPS) is 44.0. The Bertz CT molecular complexity index is 257. The minimum Gasteiger partial charge on any atom is -0.462 e. The zero-order valence-corrected chi connectivity index (χ0v) is 8.25. The number of carbonyl (C=O) groups excluding carboxylic acids is 1. The number of carbonyl (C=O) groups is 1. The Balaban J connectivity index is 2.28. The maximum Gasteiger partial charge on any atom is 0.312 e. The van der Waals surface area contributed by atoms with Gasteiger partial charge in [-0.25, -0.2) is 0 Å². The molecule has 2 rings (SSSR count). The summed E-state index contributed by atoms with van der Waals surface area (Å²) in [6, 6.07) is 0. The fourth-order valence-electron chi connectivity index (χ4n) is 2.36. The molecule has 1 fully saturated rings. The number of cyclic esters (lactones) is 1. The lowest BCUT2D eigenvalue weighted by atomic mass is 9.67. The van der Waals surface area contributed by atoms with Gasteiger partial charge in [-0.3, -0.25) is 4.79 Å². The second-order valence-corrected chi connectivity index (χ2v) is 4.44. The molecule has 0 aromatic carbocycles. The van der Waals surface area contributed by atoms with Crippen LogP contribution in [-0.2, 0) is 9.53 Å². The van der Waals surface area contributed by atoms with E-state index in [0.717, 1.165) is 19.3 Å². The molecule has 0 amide bonds. The summed E-state index contributed by atoms with van der Waals surface area (Å²) in [6.07, 6.45) is 7.42. The Kier molecular flexibility index (Phi) is 1.94. The first-order chi connectivity index (χ1) is 6.13. The molecule has 0 N–H and O–H groups in total. The van der Waals surface area contributed by atoms with Gasteiger partial charge in [-0.15, -0.1) is 0 Å². The highest BCUT2D eigenvalue weighted by Gasteiger charge is 2.46. The molecule has 0 aromatic heterocycles. The first kappa shape index (κ1) is 8.79. The highest BCUT2D eigenvalue weighted by atomic mass is 16.5. The molecule has 72 valence electrons. The van der Waals surface area contributed by atoms with Gasteiger partial charge in [0.25, 0.3) is 0 Å².